The summed E-state index contributed by atoms with van der Waals surface area (Å²) in [6.45, 7) is -0.974. The maximum absolute atomic E-state index is 11.8. The van der Waals surface area contributed by atoms with Crippen LogP contribution in [-0.2, 0) is 13.8 Å². The third-order valence-corrected chi connectivity index (χ3v) is 3.64. The maximum atomic E-state index is 11.8. The minimum Gasteiger partial charge on any atom is -0.790 e. The van der Waals surface area contributed by atoms with Gasteiger partial charge in [0.2, 0.25) is 0 Å². The van der Waals surface area contributed by atoms with Crippen LogP contribution < -0.4 is 26.1 Å². The number of phosphoric ester groups is 1. The molecule has 0 bridgehead atoms. The number of aromatic carboxylic acids is 1. The Morgan fingerprint density at radius 2 is 2.00 bits per heavy atom. The van der Waals surface area contributed by atoms with Crippen molar-refractivity contribution in [1.29, 1.82) is 0 Å². The molecule has 0 spiro atoms. The number of aliphatic hydroxyl groups excluding tert-OH is 2. The van der Waals surface area contributed by atoms with E-state index in [1.54, 1.807) is 4.98 Å². The van der Waals surface area contributed by atoms with Crippen molar-refractivity contribution in [3.63, 3.8) is 0 Å². The molecule has 1 aliphatic rings. The van der Waals surface area contributed by atoms with Gasteiger partial charge < -0.3 is 43.7 Å². The summed E-state index contributed by atoms with van der Waals surface area (Å²) >= 11 is 0. The van der Waals surface area contributed by atoms with Crippen molar-refractivity contribution in [1.82, 2.24) is 9.55 Å². The number of carboxylic acid groups (broad SMARTS) is 1. The third kappa shape index (κ3) is 3.79. The van der Waals surface area contributed by atoms with Crippen LogP contribution >= 0.6 is 7.82 Å². The van der Waals surface area contributed by atoms with Gasteiger partial charge in [-0.25, -0.2) is 4.79 Å². The summed E-state index contributed by atoms with van der Waals surface area (Å²) in [7, 11) is -5.39. The number of carbonyl (C=O) groups is 1. The predicted molar refractivity (Wildman–Crippen MR) is 65.1 cm³/mol. The van der Waals surface area contributed by atoms with Gasteiger partial charge in [-0.3, -0.25) is 14.3 Å². The summed E-state index contributed by atoms with van der Waals surface area (Å²) in [5.74, 6) is -1.94. The van der Waals surface area contributed by atoms with Gasteiger partial charge in [0.25, 0.3) is 5.56 Å². The molecule has 13 nitrogen and oxygen atoms in total. The molecule has 0 radical (unpaired) electrons. The Morgan fingerprint density at radius 3 is 2.54 bits per heavy atom. The molecular weight excluding hydrogens is 355 g/mol. The van der Waals surface area contributed by atoms with Gasteiger partial charge in [-0.2, -0.15) is 0 Å². The number of hydrogen-bond donors (Lipinski definition) is 3. The largest absolute Gasteiger partial charge is 0.790 e. The maximum Gasteiger partial charge on any atom is 0.331 e. The fraction of sp³-hybridized carbons (Fsp3) is 0.500. The molecule has 4 atom stereocenters. The van der Waals surface area contributed by atoms with E-state index >= 15 is 0 Å². The number of ether oxygens (including phenoxy) is 1. The summed E-state index contributed by atoms with van der Waals surface area (Å²) in [5, 5.41) is 30.7. The minimum atomic E-state index is -5.39. The number of phosphoric acid groups is 1. The van der Waals surface area contributed by atoms with Crippen molar-refractivity contribution in [2.24, 2.45) is 0 Å². The topological polar surface area (TPSA) is 217 Å². The van der Waals surface area contributed by atoms with Crippen LogP contribution in [0.3, 0.4) is 0 Å². The average Bonchev–Trinajstić information content (AvgIpc) is 2.71. The van der Waals surface area contributed by atoms with Crippen molar-refractivity contribution in [3.05, 3.63) is 32.6 Å². The number of aliphatic hydroxyl groups is 2. The molecule has 1 aromatic heterocycles. The molecule has 0 saturated carbocycles. The quantitative estimate of drug-likeness (QED) is 0.418. The number of aromatic nitrogens is 2. The van der Waals surface area contributed by atoms with Crippen molar-refractivity contribution in [2.45, 2.75) is 24.5 Å². The zero-order valence-electron chi connectivity index (χ0n) is 11.6. The van der Waals surface area contributed by atoms with Crippen LogP contribution in [0, 0.1) is 0 Å². The van der Waals surface area contributed by atoms with E-state index in [-0.39, 0.29) is 0 Å². The number of carboxylic acids is 1. The van der Waals surface area contributed by atoms with E-state index in [4.69, 9.17) is 4.74 Å². The minimum absolute atomic E-state index is 0.304. The van der Waals surface area contributed by atoms with Gasteiger partial charge in [-0.1, -0.05) is 0 Å². The highest BCUT2D eigenvalue weighted by molar-refractivity contribution is 7.43. The smallest absolute Gasteiger partial charge is 0.331 e. The lowest BCUT2D eigenvalue weighted by atomic mass is 10.1. The average molecular weight is 365 g/mol. The molecule has 14 heteroatoms. The molecule has 4 unspecified atom stereocenters. The van der Waals surface area contributed by atoms with Gasteiger partial charge in [0.1, 0.15) is 18.3 Å². The van der Waals surface area contributed by atoms with Gasteiger partial charge in [0.05, 0.1) is 26.1 Å². The molecule has 1 aliphatic heterocycles. The van der Waals surface area contributed by atoms with Gasteiger partial charge in [0.15, 0.2) is 6.23 Å². The normalized spacial score (nSPS) is 27.3. The highest BCUT2D eigenvalue weighted by Crippen LogP contribution is 2.32. The molecule has 0 amide bonds. The Bertz CT molecular complexity index is 795. The van der Waals surface area contributed by atoms with E-state index < -0.39 is 61.9 Å². The number of hydrogen-bond acceptors (Lipinski definition) is 11. The molecule has 0 aromatic carbocycles. The Morgan fingerprint density at radius 1 is 1.38 bits per heavy atom. The highest BCUT2D eigenvalue weighted by atomic mass is 31.2. The molecule has 1 fully saturated rings. The molecule has 0 aliphatic carbocycles. The molecule has 2 rings (SSSR count). The first kappa shape index (κ1) is 18.5. The zero-order chi connectivity index (χ0) is 18.2. The van der Waals surface area contributed by atoms with Crippen LogP contribution in [0.15, 0.2) is 15.7 Å². The lowest BCUT2D eigenvalue weighted by molar-refractivity contribution is -0.343. The van der Waals surface area contributed by atoms with Crippen molar-refractivity contribution in [3.8, 4) is 0 Å². The van der Waals surface area contributed by atoms with E-state index in [0.717, 1.165) is 0 Å². The summed E-state index contributed by atoms with van der Waals surface area (Å²) in [5.41, 5.74) is -3.28. The fourth-order valence-corrected chi connectivity index (χ4v) is 2.49. The third-order valence-electron chi connectivity index (χ3n) is 3.17. The number of nitrogens with one attached hydrogen (secondary N) is 1. The van der Waals surface area contributed by atoms with Crippen LogP contribution in [0.1, 0.15) is 16.7 Å². The molecular formula is C10H10N2O11P-3. The number of carbonyl (C=O) groups excluding carboxylic acids is 1. The van der Waals surface area contributed by atoms with Crippen LogP contribution in [0.4, 0.5) is 0 Å². The molecule has 134 valence electrons. The number of rotatable bonds is 5. The second-order valence-corrected chi connectivity index (χ2v) is 5.92. The zero-order valence-corrected chi connectivity index (χ0v) is 12.5. The summed E-state index contributed by atoms with van der Waals surface area (Å²) in [4.78, 5) is 56.6. The summed E-state index contributed by atoms with van der Waals surface area (Å²) in [6, 6.07) is 0.493. The van der Waals surface area contributed by atoms with Gasteiger partial charge in [0, 0.05) is 6.07 Å². The van der Waals surface area contributed by atoms with E-state index in [9.17, 15) is 44.1 Å². The number of H-pyrrole nitrogens is 1. The Kier molecular flexibility index (Phi) is 5.05. The fourth-order valence-electron chi connectivity index (χ4n) is 2.16. The van der Waals surface area contributed by atoms with E-state index in [0.29, 0.717) is 10.6 Å². The van der Waals surface area contributed by atoms with Crippen molar-refractivity contribution >= 4 is 13.8 Å². The van der Waals surface area contributed by atoms with Gasteiger partial charge in [-0.15, -0.1) is 0 Å². The first-order valence-electron chi connectivity index (χ1n) is 6.26. The Hall–Kier alpha value is -1.86. The lowest BCUT2D eigenvalue weighted by Crippen LogP contribution is -2.43. The summed E-state index contributed by atoms with van der Waals surface area (Å²) in [6.07, 6.45) is -7.06. The second-order valence-electron chi connectivity index (χ2n) is 4.77. The van der Waals surface area contributed by atoms with Crippen molar-refractivity contribution < 1.29 is 43.7 Å². The van der Waals surface area contributed by atoms with Crippen LogP contribution in [0.5, 0.6) is 0 Å². The highest BCUT2D eigenvalue weighted by Gasteiger charge is 2.45. The summed E-state index contributed by atoms with van der Waals surface area (Å²) < 4.78 is 19.7. The first-order chi connectivity index (χ1) is 11.0. The SMILES string of the molecule is O=C([O-])c1cc(=O)[nH]c(=O)n1C1OC(COP(=O)([O-])[O-])C(O)C1O. The van der Waals surface area contributed by atoms with Crippen LogP contribution in [0.25, 0.3) is 0 Å². The lowest BCUT2D eigenvalue weighted by Gasteiger charge is -2.30. The molecule has 24 heavy (non-hydrogen) atoms. The van der Waals surface area contributed by atoms with Crippen LogP contribution in [-0.4, -0.2) is 50.7 Å². The first-order valence-corrected chi connectivity index (χ1v) is 7.72. The molecule has 1 saturated heterocycles. The predicted octanol–water partition coefficient (Wildman–Crippen LogP) is -5.64. The van der Waals surface area contributed by atoms with E-state index in [2.05, 4.69) is 4.52 Å². The molecule has 2 heterocycles. The van der Waals surface area contributed by atoms with Crippen molar-refractivity contribution in [2.75, 3.05) is 6.61 Å². The number of nitrogens with zero attached hydrogens (tertiary/aromatic N) is 1. The Balaban J connectivity index is 2.37. The second kappa shape index (κ2) is 6.57. The monoisotopic (exact) mass is 365 g/mol. The van der Waals surface area contributed by atoms with Crippen LogP contribution in [0.2, 0.25) is 0 Å². The molecule has 3 N–H and O–H groups in total. The van der Waals surface area contributed by atoms with Gasteiger partial charge in [-0.05, 0) is 0 Å². The standard InChI is InChI=1S/C10H13N2O11P/c13-5-1-3(9(16)17)12(10(18)11-5)8-7(15)6(14)4(23-8)2-22-24(19,20)21/h1,4,6-8,14-15H,2H2,(H,16,17)(H,11,13,18)(H2,19,20,21)/p-3. The van der Waals surface area contributed by atoms with Gasteiger partial charge >= 0.3 is 5.69 Å². The van der Waals surface area contributed by atoms with E-state index in [1.807, 2.05) is 0 Å². The Labute approximate surface area is 131 Å². The molecule has 1 aromatic rings. The number of aromatic amines is 1. The van der Waals surface area contributed by atoms with E-state index in [1.165, 1.54) is 0 Å².